The number of carbonyl (C=O) groups is 2. The van der Waals surface area contributed by atoms with Crippen LogP contribution in [-0.2, 0) is 16.1 Å². The quantitative estimate of drug-likeness (QED) is 0.807. The number of piperazine rings is 1. The number of aromatic nitrogens is 1. The molecule has 7 heteroatoms. The number of pyridine rings is 1. The van der Waals surface area contributed by atoms with Crippen LogP contribution in [0.3, 0.4) is 0 Å². The van der Waals surface area contributed by atoms with Crippen molar-refractivity contribution in [3.8, 4) is 5.75 Å². The monoisotopic (exact) mass is 394 g/mol. The standard InChI is InChI=1S/C22H26N4O3/c1-29-17-7-5-16(6-8-17)15-24-21(27)18-14-19(18)22(28)26-12-10-25(11-13-26)20-4-2-3-9-23-20/h2-9,18-19H,10-15H2,1H3,(H,24,27). The molecule has 1 aromatic carbocycles. The van der Waals surface area contributed by atoms with E-state index < -0.39 is 0 Å². The number of nitrogens with one attached hydrogen (secondary N) is 1. The van der Waals surface area contributed by atoms with Crippen molar-refractivity contribution in [1.82, 2.24) is 15.2 Å². The smallest absolute Gasteiger partial charge is 0.226 e. The first kappa shape index (κ1) is 19.2. The summed E-state index contributed by atoms with van der Waals surface area (Å²) in [5.41, 5.74) is 1.01. The Bertz CT molecular complexity index is 848. The van der Waals surface area contributed by atoms with Gasteiger partial charge in [-0.15, -0.1) is 0 Å². The molecular formula is C22H26N4O3. The SMILES string of the molecule is COc1ccc(CNC(=O)C2CC2C(=O)N2CCN(c3ccccn3)CC2)cc1. The molecule has 2 aromatic rings. The third kappa shape index (κ3) is 4.50. The number of hydrogen-bond acceptors (Lipinski definition) is 5. The molecule has 152 valence electrons. The average Bonchev–Trinajstić information content (AvgIpc) is 3.59. The molecule has 1 aliphatic heterocycles. The normalized spacial score (nSPS) is 20.9. The first-order chi connectivity index (χ1) is 14.2. The number of hydrogen-bond donors (Lipinski definition) is 1. The molecule has 4 rings (SSSR count). The van der Waals surface area contributed by atoms with Gasteiger partial charge < -0.3 is 19.9 Å². The highest BCUT2D eigenvalue weighted by Crippen LogP contribution is 2.40. The number of benzene rings is 1. The van der Waals surface area contributed by atoms with Gasteiger partial charge in [0.25, 0.3) is 0 Å². The summed E-state index contributed by atoms with van der Waals surface area (Å²) in [7, 11) is 1.62. The van der Waals surface area contributed by atoms with E-state index in [4.69, 9.17) is 4.74 Å². The van der Waals surface area contributed by atoms with Gasteiger partial charge in [-0.25, -0.2) is 4.98 Å². The van der Waals surface area contributed by atoms with Crippen LogP contribution in [-0.4, -0.2) is 55.0 Å². The molecule has 1 N–H and O–H groups in total. The van der Waals surface area contributed by atoms with Crippen LogP contribution >= 0.6 is 0 Å². The van der Waals surface area contributed by atoms with Crippen molar-refractivity contribution >= 4 is 17.6 Å². The van der Waals surface area contributed by atoms with E-state index in [1.807, 2.05) is 47.4 Å². The van der Waals surface area contributed by atoms with E-state index in [9.17, 15) is 9.59 Å². The Labute approximate surface area is 170 Å². The van der Waals surface area contributed by atoms with Gasteiger partial charge in [0.05, 0.1) is 18.9 Å². The lowest BCUT2D eigenvalue weighted by molar-refractivity contribution is -0.135. The second kappa shape index (κ2) is 8.51. The molecule has 1 aromatic heterocycles. The largest absolute Gasteiger partial charge is 0.497 e. The zero-order valence-corrected chi connectivity index (χ0v) is 16.6. The predicted molar refractivity (Wildman–Crippen MR) is 109 cm³/mol. The lowest BCUT2D eigenvalue weighted by Crippen LogP contribution is -2.49. The van der Waals surface area contributed by atoms with E-state index in [0.717, 1.165) is 30.2 Å². The summed E-state index contributed by atoms with van der Waals surface area (Å²) >= 11 is 0. The fraction of sp³-hybridized carbons (Fsp3) is 0.409. The molecule has 2 amide bonds. The molecule has 29 heavy (non-hydrogen) atoms. The van der Waals surface area contributed by atoms with Crippen LogP contribution in [0.1, 0.15) is 12.0 Å². The van der Waals surface area contributed by atoms with Crippen LogP contribution in [0, 0.1) is 11.8 Å². The topological polar surface area (TPSA) is 74.8 Å². The fourth-order valence-corrected chi connectivity index (χ4v) is 3.75. The first-order valence-electron chi connectivity index (χ1n) is 10.0. The lowest BCUT2D eigenvalue weighted by Gasteiger charge is -2.35. The van der Waals surface area contributed by atoms with Gasteiger partial charge in [-0.05, 0) is 36.2 Å². The molecule has 1 saturated carbocycles. The minimum absolute atomic E-state index is 0.0358. The number of methoxy groups -OCH3 is 1. The summed E-state index contributed by atoms with van der Waals surface area (Å²) in [6.45, 7) is 3.34. The van der Waals surface area contributed by atoms with Crippen molar-refractivity contribution in [2.75, 3.05) is 38.2 Å². The fourth-order valence-electron chi connectivity index (χ4n) is 3.75. The summed E-state index contributed by atoms with van der Waals surface area (Å²) < 4.78 is 5.14. The van der Waals surface area contributed by atoms with Gasteiger partial charge in [-0.2, -0.15) is 0 Å². The third-order valence-corrected chi connectivity index (χ3v) is 5.63. The van der Waals surface area contributed by atoms with Gasteiger partial charge in [-0.3, -0.25) is 9.59 Å². The highest BCUT2D eigenvalue weighted by molar-refractivity contribution is 5.92. The van der Waals surface area contributed by atoms with Gasteiger partial charge >= 0.3 is 0 Å². The van der Waals surface area contributed by atoms with Crippen LogP contribution in [0.2, 0.25) is 0 Å². The van der Waals surface area contributed by atoms with Crippen molar-refractivity contribution in [3.63, 3.8) is 0 Å². The molecule has 0 spiro atoms. The summed E-state index contributed by atoms with van der Waals surface area (Å²) in [5.74, 6) is 1.43. The highest BCUT2D eigenvalue weighted by atomic mass is 16.5. The minimum Gasteiger partial charge on any atom is -0.497 e. The molecular weight excluding hydrogens is 368 g/mol. The number of nitrogens with zero attached hydrogens (tertiary/aromatic N) is 3. The zero-order valence-electron chi connectivity index (χ0n) is 16.6. The van der Waals surface area contributed by atoms with Crippen LogP contribution in [0.5, 0.6) is 5.75 Å². The Kier molecular flexibility index (Phi) is 5.64. The number of rotatable bonds is 6. The van der Waals surface area contributed by atoms with E-state index in [2.05, 4.69) is 15.2 Å². The van der Waals surface area contributed by atoms with E-state index in [1.54, 1.807) is 13.3 Å². The van der Waals surface area contributed by atoms with Gasteiger partial charge in [0.2, 0.25) is 11.8 Å². The number of carbonyl (C=O) groups excluding carboxylic acids is 2. The van der Waals surface area contributed by atoms with Crippen molar-refractivity contribution in [2.45, 2.75) is 13.0 Å². The second-order valence-electron chi connectivity index (χ2n) is 7.51. The molecule has 0 bridgehead atoms. The average molecular weight is 394 g/mol. The van der Waals surface area contributed by atoms with Gasteiger partial charge in [-0.1, -0.05) is 18.2 Å². The molecule has 2 fully saturated rings. The highest BCUT2D eigenvalue weighted by Gasteiger charge is 2.49. The van der Waals surface area contributed by atoms with Crippen molar-refractivity contribution in [1.29, 1.82) is 0 Å². The molecule has 1 aliphatic carbocycles. The van der Waals surface area contributed by atoms with Crippen LogP contribution in [0.15, 0.2) is 48.7 Å². The van der Waals surface area contributed by atoms with Crippen molar-refractivity contribution in [2.24, 2.45) is 11.8 Å². The van der Waals surface area contributed by atoms with Crippen LogP contribution in [0.4, 0.5) is 5.82 Å². The molecule has 2 atom stereocenters. The zero-order chi connectivity index (χ0) is 20.2. The van der Waals surface area contributed by atoms with Gasteiger partial charge in [0, 0.05) is 38.9 Å². The lowest BCUT2D eigenvalue weighted by atomic mass is 10.2. The Hall–Kier alpha value is -3.09. The maximum absolute atomic E-state index is 12.8. The first-order valence-corrected chi connectivity index (χ1v) is 10.0. The van der Waals surface area contributed by atoms with Gasteiger partial charge in [0.1, 0.15) is 11.6 Å². The van der Waals surface area contributed by atoms with E-state index in [-0.39, 0.29) is 23.7 Å². The number of ether oxygens (including phenoxy) is 1. The molecule has 1 saturated heterocycles. The third-order valence-electron chi connectivity index (χ3n) is 5.63. The molecule has 2 unspecified atom stereocenters. The Morgan fingerprint density at radius 3 is 2.48 bits per heavy atom. The van der Waals surface area contributed by atoms with Crippen LogP contribution in [0.25, 0.3) is 0 Å². The van der Waals surface area contributed by atoms with Crippen molar-refractivity contribution in [3.05, 3.63) is 54.2 Å². The second-order valence-corrected chi connectivity index (χ2v) is 7.51. The van der Waals surface area contributed by atoms with E-state index >= 15 is 0 Å². The number of amides is 2. The van der Waals surface area contributed by atoms with E-state index in [0.29, 0.717) is 26.1 Å². The summed E-state index contributed by atoms with van der Waals surface area (Å²) in [4.78, 5) is 33.6. The van der Waals surface area contributed by atoms with Crippen molar-refractivity contribution < 1.29 is 14.3 Å². The maximum atomic E-state index is 12.8. The maximum Gasteiger partial charge on any atom is 0.226 e. The Morgan fingerprint density at radius 1 is 1.07 bits per heavy atom. The van der Waals surface area contributed by atoms with Crippen LogP contribution < -0.4 is 15.0 Å². The Balaban J connectivity index is 1.22. The summed E-state index contributed by atoms with van der Waals surface area (Å²) in [6, 6.07) is 13.5. The molecule has 0 radical (unpaired) electrons. The summed E-state index contributed by atoms with van der Waals surface area (Å²) in [6.07, 6.45) is 2.43. The number of anilines is 1. The summed E-state index contributed by atoms with van der Waals surface area (Å²) in [5, 5.41) is 2.95. The van der Waals surface area contributed by atoms with Gasteiger partial charge in [0.15, 0.2) is 0 Å². The Morgan fingerprint density at radius 2 is 1.83 bits per heavy atom. The minimum atomic E-state index is -0.199. The molecule has 2 aliphatic rings. The molecule has 7 nitrogen and oxygen atoms in total. The van der Waals surface area contributed by atoms with E-state index in [1.165, 1.54) is 0 Å². The molecule has 2 heterocycles. The predicted octanol–water partition coefficient (Wildman–Crippen LogP) is 1.69.